The SMILES string of the molecule is O=NO.[CH2-]C(C)C.[Na+]. The summed E-state index contributed by atoms with van der Waals surface area (Å²) < 4.78 is 0. The van der Waals surface area contributed by atoms with Gasteiger partial charge in [-0.15, -0.1) is 4.91 Å². The van der Waals surface area contributed by atoms with Gasteiger partial charge < -0.3 is 12.1 Å². The van der Waals surface area contributed by atoms with Gasteiger partial charge in [0.15, 0.2) is 5.34 Å². The zero-order valence-corrected chi connectivity index (χ0v) is 7.59. The predicted octanol–water partition coefficient (Wildman–Crippen LogP) is -1.38. The molecule has 0 heterocycles. The van der Waals surface area contributed by atoms with Crippen molar-refractivity contribution in [1.29, 1.82) is 0 Å². The molecule has 3 nitrogen and oxygen atoms in total. The number of hydrogen-bond acceptors (Lipinski definition) is 2. The van der Waals surface area contributed by atoms with Crippen molar-refractivity contribution in [3.8, 4) is 0 Å². The summed E-state index contributed by atoms with van der Waals surface area (Å²) in [7, 11) is 0. The Morgan fingerprint density at radius 1 is 1.62 bits per heavy atom. The summed E-state index contributed by atoms with van der Waals surface area (Å²) in [6, 6.07) is 0. The second-order valence-corrected chi connectivity index (χ2v) is 1.48. The van der Waals surface area contributed by atoms with E-state index in [1.807, 2.05) is 0 Å². The third-order valence-corrected chi connectivity index (χ3v) is 0. The van der Waals surface area contributed by atoms with Gasteiger partial charge in [0.05, 0.1) is 0 Å². The van der Waals surface area contributed by atoms with Crippen LogP contribution in [0.5, 0.6) is 0 Å². The molecule has 0 fully saturated rings. The van der Waals surface area contributed by atoms with E-state index < -0.39 is 0 Å². The summed E-state index contributed by atoms with van der Waals surface area (Å²) in [5.41, 5.74) is 0. The molecule has 0 aliphatic heterocycles. The standard InChI is InChI=1S/C4H9.HNO2.Na/c1-4(2)3;2-1-3;/h4H,1H2,2-3H3;(H,2,3);/q-1;;+1. The first-order valence-electron chi connectivity index (χ1n) is 1.95. The molecule has 0 aliphatic carbocycles. The molecule has 0 atom stereocenters. The van der Waals surface area contributed by atoms with E-state index in [4.69, 9.17) is 10.1 Å². The van der Waals surface area contributed by atoms with Gasteiger partial charge in [-0.3, -0.25) is 0 Å². The molecule has 0 spiro atoms. The normalized spacial score (nSPS) is 6.00. The smallest absolute Gasteiger partial charge is 0.379 e. The van der Waals surface area contributed by atoms with Crippen molar-refractivity contribution in [3.05, 3.63) is 11.8 Å². The van der Waals surface area contributed by atoms with Crippen molar-refractivity contribution in [3.63, 3.8) is 0 Å². The Labute approximate surface area is 71.7 Å². The Morgan fingerprint density at radius 3 is 1.62 bits per heavy atom. The first-order chi connectivity index (χ1) is 3.15. The van der Waals surface area contributed by atoms with Crippen molar-refractivity contribution in [2.24, 2.45) is 11.3 Å². The van der Waals surface area contributed by atoms with Gasteiger partial charge in [0.1, 0.15) is 0 Å². The zero-order valence-electron chi connectivity index (χ0n) is 5.59. The van der Waals surface area contributed by atoms with Crippen LogP contribution in [0.25, 0.3) is 0 Å². The molecular weight excluding hydrogens is 117 g/mol. The van der Waals surface area contributed by atoms with Crippen LogP contribution >= 0.6 is 0 Å². The Morgan fingerprint density at radius 2 is 1.62 bits per heavy atom. The van der Waals surface area contributed by atoms with Gasteiger partial charge in [-0.25, -0.2) is 0 Å². The van der Waals surface area contributed by atoms with Gasteiger partial charge in [-0.05, 0) is 0 Å². The summed E-state index contributed by atoms with van der Waals surface area (Å²) in [5, 5.41) is 7.89. The summed E-state index contributed by atoms with van der Waals surface area (Å²) in [6.07, 6.45) is 0. The third kappa shape index (κ3) is 1170. The van der Waals surface area contributed by atoms with Gasteiger partial charge in [-0.2, -0.15) is 5.92 Å². The van der Waals surface area contributed by atoms with Crippen LogP contribution in [0.4, 0.5) is 0 Å². The van der Waals surface area contributed by atoms with E-state index in [0.717, 1.165) is 0 Å². The molecule has 0 saturated carbocycles. The molecule has 0 saturated heterocycles. The van der Waals surface area contributed by atoms with Crippen LogP contribution in [-0.2, 0) is 0 Å². The quantitative estimate of drug-likeness (QED) is 0.189. The van der Waals surface area contributed by atoms with Crippen LogP contribution in [0.15, 0.2) is 5.34 Å². The molecule has 44 valence electrons. The third-order valence-electron chi connectivity index (χ3n) is 0. The first-order valence-corrected chi connectivity index (χ1v) is 1.95. The minimum Gasteiger partial charge on any atom is -0.379 e. The number of rotatable bonds is 0. The summed E-state index contributed by atoms with van der Waals surface area (Å²) in [4.78, 5) is 8.11. The molecule has 0 unspecified atom stereocenters. The van der Waals surface area contributed by atoms with Crippen molar-refractivity contribution >= 4 is 0 Å². The van der Waals surface area contributed by atoms with E-state index >= 15 is 0 Å². The van der Waals surface area contributed by atoms with Crippen LogP contribution < -0.4 is 29.6 Å². The Balaban J connectivity index is -0.0000000575. The minimum absolute atomic E-state index is 0. The second-order valence-electron chi connectivity index (χ2n) is 1.48. The number of nitrogens with zero attached hydrogens (tertiary/aromatic N) is 1. The largest absolute Gasteiger partial charge is 1.00 e. The van der Waals surface area contributed by atoms with Gasteiger partial charge in [0.2, 0.25) is 0 Å². The van der Waals surface area contributed by atoms with Gasteiger partial charge in [0.25, 0.3) is 0 Å². The van der Waals surface area contributed by atoms with Crippen LogP contribution in [-0.4, -0.2) is 5.21 Å². The van der Waals surface area contributed by atoms with Gasteiger partial charge in [-0.1, -0.05) is 13.8 Å². The van der Waals surface area contributed by atoms with Crippen molar-refractivity contribution < 1.29 is 34.8 Å². The fourth-order valence-corrected chi connectivity index (χ4v) is 0. The Hall–Kier alpha value is 0.400. The predicted molar refractivity (Wildman–Crippen MR) is 27.8 cm³/mol. The second kappa shape index (κ2) is 15.7. The molecule has 0 aromatic heterocycles. The summed E-state index contributed by atoms with van der Waals surface area (Å²) >= 11 is 0. The van der Waals surface area contributed by atoms with Gasteiger partial charge >= 0.3 is 29.6 Å². The van der Waals surface area contributed by atoms with E-state index in [2.05, 4.69) is 20.8 Å². The molecule has 0 aliphatic rings. The van der Waals surface area contributed by atoms with Crippen LogP contribution in [0, 0.1) is 17.7 Å². The van der Waals surface area contributed by atoms with Crippen LogP contribution in [0.1, 0.15) is 13.8 Å². The van der Waals surface area contributed by atoms with E-state index in [9.17, 15) is 0 Å². The molecule has 0 radical (unpaired) electrons. The first kappa shape index (κ1) is 15.8. The van der Waals surface area contributed by atoms with E-state index in [-0.39, 0.29) is 29.6 Å². The topological polar surface area (TPSA) is 49.7 Å². The fourth-order valence-electron chi connectivity index (χ4n) is 0. The summed E-state index contributed by atoms with van der Waals surface area (Å²) in [6.45, 7) is 7.75. The average Bonchev–Trinajstić information content (AvgIpc) is 1.33. The maximum atomic E-state index is 8.11. The van der Waals surface area contributed by atoms with Crippen molar-refractivity contribution in [2.75, 3.05) is 0 Å². The molecule has 0 aromatic rings. The minimum atomic E-state index is 0. The molecule has 4 heteroatoms. The molecule has 0 rings (SSSR count). The number of hydrogen-bond donors (Lipinski definition) is 1. The zero-order chi connectivity index (χ0) is 6.28. The Kier molecular flexibility index (Phi) is 30.9. The molecule has 0 bridgehead atoms. The van der Waals surface area contributed by atoms with Crippen LogP contribution in [0.2, 0.25) is 0 Å². The molecule has 1 N–H and O–H groups in total. The molecule has 8 heavy (non-hydrogen) atoms. The summed E-state index contributed by atoms with van der Waals surface area (Å²) in [5.74, 6) is 0.583. The molecular formula is C4H10NNaO2. The molecule has 0 amide bonds. The van der Waals surface area contributed by atoms with E-state index in [1.54, 1.807) is 0 Å². The van der Waals surface area contributed by atoms with E-state index in [0.29, 0.717) is 5.92 Å². The average molecular weight is 127 g/mol. The van der Waals surface area contributed by atoms with Gasteiger partial charge in [0, 0.05) is 0 Å². The molecule has 0 aromatic carbocycles. The Bertz CT molecular complexity index is 38.3. The maximum absolute atomic E-state index is 8.11. The van der Waals surface area contributed by atoms with Crippen molar-refractivity contribution in [2.45, 2.75) is 13.8 Å². The fraction of sp³-hybridized carbons (Fsp3) is 0.750. The van der Waals surface area contributed by atoms with Crippen LogP contribution in [0.3, 0.4) is 0 Å². The maximum Gasteiger partial charge on any atom is 1.00 e. The van der Waals surface area contributed by atoms with E-state index in [1.165, 1.54) is 5.34 Å². The van der Waals surface area contributed by atoms with Crippen molar-refractivity contribution in [1.82, 2.24) is 0 Å². The monoisotopic (exact) mass is 127 g/mol.